The monoisotopic (exact) mass is 381 g/mol. The Bertz CT molecular complexity index is 899. The van der Waals surface area contributed by atoms with Gasteiger partial charge in [-0.05, 0) is 37.6 Å². The zero-order valence-corrected chi connectivity index (χ0v) is 15.9. The predicted molar refractivity (Wildman–Crippen MR) is 107 cm³/mol. The number of thioether (sulfide) groups is 1. The molecule has 0 spiro atoms. The van der Waals surface area contributed by atoms with Crippen LogP contribution in [0.1, 0.15) is 23.6 Å². The Morgan fingerprint density at radius 1 is 1.11 bits per heavy atom. The second kappa shape index (κ2) is 8.68. The molecule has 6 heteroatoms. The first kappa shape index (κ1) is 18.9. The van der Waals surface area contributed by atoms with Crippen LogP contribution in [-0.2, 0) is 14.3 Å². The lowest BCUT2D eigenvalue weighted by Crippen LogP contribution is -2.14. The quantitative estimate of drug-likeness (QED) is 0.559. The van der Waals surface area contributed by atoms with Gasteiger partial charge in [0.1, 0.15) is 10.8 Å². The maximum atomic E-state index is 12.2. The van der Waals surface area contributed by atoms with Crippen LogP contribution in [0.4, 0.5) is 0 Å². The van der Waals surface area contributed by atoms with Crippen LogP contribution >= 0.6 is 11.8 Å². The molecule has 1 aliphatic rings. The van der Waals surface area contributed by atoms with Crippen LogP contribution < -0.4 is 4.74 Å². The highest BCUT2D eigenvalue weighted by Crippen LogP contribution is 2.32. The Morgan fingerprint density at radius 2 is 1.81 bits per heavy atom. The van der Waals surface area contributed by atoms with E-state index in [0.29, 0.717) is 22.3 Å². The number of esters is 1. The SMILES string of the molecule is CCOC(=O)COc1ccc(/C=C2\SC(c3ccc(C)cc3)=NC2=O)cc1. The molecule has 0 aromatic heterocycles. The normalized spacial score (nSPS) is 15.0. The van der Waals surface area contributed by atoms with Crippen molar-refractivity contribution in [3.63, 3.8) is 0 Å². The van der Waals surface area contributed by atoms with Crippen molar-refractivity contribution in [1.82, 2.24) is 0 Å². The first-order valence-corrected chi connectivity index (χ1v) is 9.35. The fourth-order valence-corrected chi connectivity index (χ4v) is 3.30. The molecule has 1 aliphatic heterocycles. The van der Waals surface area contributed by atoms with Crippen molar-refractivity contribution in [3.8, 4) is 5.75 Å². The van der Waals surface area contributed by atoms with Crippen LogP contribution in [0.5, 0.6) is 5.75 Å². The number of aryl methyl sites for hydroxylation is 1. The molecule has 0 fully saturated rings. The number of carbonyl (C=O) groups excluding carboxylic acids is 2. The van der Waals surface area contributed by atoms with Gasteiger partial charge in [-0.2, -0.15) is 0 Å². The van der Waals surface area contributed by atoms with E-state index in [9.17, 15) is 9.59 Å². The Labute approximate surface area is 162 Å². The highest BCUT2D eigenvalue weighted by molar-refractivity contribution is 8.19. The molecule has 1 amide bonds. The highest BCUT2D eigenvalue weighted by Gasteiger charge is 2.22. The number of amides is 1. The Morgan fingerprint density at radius 3 is 2.48 bits per heavy atom. The minimum atomic E-state index is -0.405. The van der Waals surface area contributed by atoms with Gasteiger partial charge in [0.15, 0.2) is 6.61 Å². The average Bonchev–Trinajstić information content (AvgIpc) is 3.02. The van der Waals surface area contributed by atoms with Crippen molar-refractivity contribution in [3.05, 3.63) is 70.1 Å². The average molecular weight is 381 g/mol. The van der Waals surface area contributed by atoms with Gasteiger partial charge in [-0.15, -0.1) is 0 Å². The summed E-state index contributed by atoms with van der Waals surface area (Å²) >= 11 is 1.37. The van der Waals surface area contributed by atoms with Gasteiger partial charge < -0.3 is 9.47 Å². The third-order valence-corrected chi connectivity index (χ3v) is 4.79. The van der Waals surface area contributed by atoms with E-state index in [-0.39, 0.29) is 12.5 Å². The van der Waals surface area contributed by atoms with Gasteiger partial charge in [0.05, 0.1) is 11.5 Å². The highest BCUT2D eigenvalue weighted by atomic mass is 32.2. The van der Waals surface area contributed by atoms with Gasteiger partial charge in [-0.25, -0.2) is 9.79 Å². The van der Waals surface area contributed by atoms with Crippen molar-refractivity contribution in [2.75, 3.05) is 13.2 Å². The molecule has 0 saturated carbocycles. The van der Waals surface area contributed by atoms with E-state index >= 15 is 0 Å². The Hall–Kier alpha value is -2.86. The van der Waals surface area contributed by atoms with E-state index in [4.69, 9.17) is 9.47 Å². The largest absolute Gasteiger partial charge is 0.482 e. The standard InChI is InChI=1S/C21H19NO4S/c1-3-25-19(23)13-26-17-10-6-15(7-11-17)12-18-20(24)22-21(27-18)16-8-4-14(2)5-9-16/h4-12H,3,13H2,1-2H3/b18-12-. The predicted octanol–water partition coefficient (Wildman–Crippen LogP) is 4.00. The number of hydrogen-bond donors (Lipinski definition) is 0. The van der Waals surface area contributed by atoms with Crippen LogP contribution in [0.2, 0.25) is 0 Å². The van der Waals surface area contributed by atoms with Crippen LogP contribution in [0.3, 0.4) is 0 Å². The molecule has 0 radical (unpaired) electrons. The molecule has 138 valence electrons. The molecule has 0 saturated heterocycles. The fourth-order valence-electron chi connectivity index (χ4n) is 2.39. The lowest BCUT2D eigenvalue weighted by atomic mass is 10.2. The molecule has 0 bridgehead atoms. The molecule has 0 unspecified atom stereocenters. The van der Waals surface area contributed by atoms with Crippen LogP contribution in [0.25, 0.3) is 6.08 Å². The molecule has 0 atom stereocenters. The summed E-state index contributed by atoms with van der Waals surface area (Å²) in [6.45, 7) is 3.96. The zero-order chi connectivity index (χ0) is 19.2. The van der Waals surface area contributed by atoms with Crippen molar-refractivity contribution < 1.29 is 19.1 Å². The Balaban J connectivity index is 1.64. The van der Waals surface area contributed by atoms with E-state index in [2.05, 4.69) is 4.99 Å². The molecule has 2 aromatic rings. The summed E-state index contributed by atoms with van der Waals surface area (Å²) in [5.41, 5.74) is 2.95. The number of rotatable bonds is 6. The minimum absolute atomic E-state index is 0.129. The Kier molecular flexibility index (Phi) is 6.08. The maximum absolute atomic E-state index is 12.2. The zero-order valence-electron chi connectivity index (χ0n) is 15.1. The number of hydrogen-bond acceptors (Lipinski definition) is 5. The van der Waals surface area contributed by atoms with Crippen LogP contribution in [0.15, 0.2) is 58.4 Å². The van der Waals surface area contributed by atoms with E-state index in [1.54, 1.807) is 25.1 Å². The minimum Gasteiger partial charge on any atom is -0.482 e. The molecular formula is C21H19NO4S. The molecular weight excluding hydrogens is 362 g/mol. The molecule has 0 N–H and O–H groups in total. The summed E-state index contributed by atoms with van der Waals surface area (Å²) in [5.74, 6) is -0.0807. The van der Waals surface area contributed by atoms with Gasteiger partial charge in [0, 0.05) is 5.56 Å². The topological polar surface area (TPSA) is 65.0 Å². The summed E-state index contributed by atoms with van der Waals surface area (Å²) in [5, 5.41) is 0.709. The number of benzene rings is 2. The van der Waals surface area contributed by atoms with E-state index in [1.165, 1.54) is 11.8 Å². The van der Waals surface area contributed by atoms with Gasteiger partial charge in [0.2, 0.25) is 0 Å². The number of nitrogens with zero attached hydrogens (tertiary/aromatic N) is 1. The van der Waals surface area contributed by atoms with Crippen molar-refractivity contribution >= 4 is 34.8 Å². The van der Waals surface area contributed by atoms with Gasteiger partial charge in [-0.1, -0.05) is 53.7 Å². The van der Waals surface area contributed by atoms with E-state index in [1.807, 2.05) is 43.3 Å². The first-order chi connectivity index (χ1) is 13.0. The summed E-state index contributed by atoms with van der Waals surface area (Å²) in [4.78, 5) is 28.2. The second-order valence-electron chi connectivity index (χ2n) is 5.86. The molecule has 0 aliphatic carbocycles. The third-order valence-electron chi connectivity index (χ3n) is 3.76. The smallest absolute Gasteiger partial charge is 0.344 e. The second-order valence-corrected chi connectivity index (χ2v) is 6.89. The van der Waals surface area contributed by atoms with Crippen LogP contribution in [-0.4, -0.2) is 30.1 Å². The lowest BCUT2D eigenvalue weighted by Gasteiger charge is -2.06. The fraction of sp³-hybridized carbons (Fsp3) is 0.190. The van der Waals surface area contributed by atoms with Crippen molar-refractivity contribution in [2.24, 2.45) is 4.99 Å². The van der Waals surface area contributed by atoms with Gasteiger partial charge in [0.25, 0.3) is 5.91 Å². The number of aliphatic imine (C=N–C) groups is 1. The first-order valence-electron chi connectivity index (χ1n) is 8.53. The molecule has 3 rings (SSSR count). The summed E-state index contributed by atoms with van der Waals surface area (Å²) in [6.07, 6.45) is 1.80. The summed E-state index contributed by atoms with van der Waals surface area (Å²) < 4.78 is 10.2. The molecule has 1 heterocycles. The van der Waals surface area contributed by atoms with E-state index < -0.39 is 5.97 Å². The lowest BCUT2D eigenvalue weighted by molar-refractivity contribution is -0.145. The van der Waals surface area contributed by atoms with E-state index in [0.717, 1.165) is 16.7 Å². The third kappa shape index (κ3) is 5.08. The summed E-state index contributed by atoms with van der Waals surface area (Å²) in [7, 11) is 0. The molecule has 5 nitrogen and oxygen atoms in total. The molecule has 2 aromatic carbocycles. The van der Waals surface area contributed by atoms with Gasteiger partial charge >= 0.3 is 5.97 Å². The van der Waals surface area contributed by atoms with Crippen molar-refractivity contribution in [2.45, 2.75) is 13.8 Å². The number of carbonyl (C=O) groups is 2. The van der Waals surface area contributed by atoms with Crippen molar-refractivity contribution in [1.29, 1.82) is 0 Å². The summed E-state index contributed by atoms with van der Waals surface area (Å²) in [6, 6.07) is 15.1. The van der Waals surface area contributed by atoms with Gasteiger partial charge in [-0.3, -0.25) is 4.79 Å². The molecule has 27 heavy (non-hydrogen) atoms. The van der Waals surface area contributed by atoms with Crippen LogP contribution in [0, 0.1) is 6.92 Å². The number of ether oxygens (including phenoxy) is 2. The maximum Gasteiger partial charge on any atom is 0.344 e.